The molecule has 1 aliphatic rings. The van der Waals surface area contributed by atoms with Gasteiger partial charge in [-0.25, -0.2) is 0 Å². The third kappa shape index (κ3) is 5.15. The summed E-state index contributed by atoms with van der Waals surface area (Å²) in [7, 11) is 0. The molecule has 7 nitrogen and oxygen atoms in total. The van der Waals surface area contributed by atoms with Gasteiger partial charge in [-0.1, -0.05) is 6.07 Å². The molecule has 0 atom stereocenters. The largest absolute Gasteiger partial charge is 0.484 e. The molecule has 1 aliphatic heterocycles. The molecule has 1 heterocycles. The number of nitro groups is 1. The van der Waals surface area contributed by atoms with E-state index in [1.54, 1.807) is 17.0 Å². The van der Waals surface area contributed by atoms with Crippen molar-refractivity contribution in [3.63, 3.8) is 0 Å². The van der Waals surface area contributed by atoms with Crippen LogP contribution in [0.3, 0.4) is 0 Å². The first-order chi connectivity index (χ1) is 13.7. The van der Waals surface area contributed by atoms with Crippen molar-refractivity contribution in [2.24, 2.45) is 0 Å². The zero-order chi connectivity index (χ0) is 21.0. The summed E-state index contributed by atoms with van der Waals surface area (Å²) in [6.07, 6.45) is -4.47. The van der Waals surface area contributed by atoms with Crippen LogP contribution in [-0.4, -0.2) is 48.5 Å². The van der Waals surface area contributed by atoms with E-state index in [2.05, 4.69) is 0 Å². The van der Waals surface area contributed by atoms with E-state index in [1.807, 2.05) is 4.90 Å². The van der Waals surface area contributed by atoms with E-state index < -0.39 is 16.7 Å². The first-order valence-corrected chi connectivity index (χ1v) is 8.81. The van der Waals surface area contributed by atoms with Crippen LogP contribution in [-0.2, 0) is 11.0 Å². The van der Waals surface area contributed by atoms with Gasteiger partial charge in [0.15, 0.2) is 6.61 Å². The van der Waals surface area contributed by atoms with Crippen molar-refractivity contribution < 1.29 is 27.6 Å². The highest BCUT2D eigenvalue weighted by Gasteiger charge is 2.30. The number of nitrogens with zero attached hydrogens (tertiary/aromatic N) is 3. The van der Waals surface area contributed by atoms with Gasteiger partial charge in [0.25, 0.3) is 11.6 Å². The molecule has 10 heteroatoms. The number of benzene rings is 2. The molecule has 2 aromatic rings. The quantitative estimate of drug-likeness (QED) is 0.559. The van der Waals surface area contributed by atoms with Gasteiger partial charge >= 0.3 is 6.18 Å². The molecule has 0 bridgehead atoms. The Balaban J connectivity index is 1.51. The van der Waals surface area contributed by atoms with Crippen LogP contribution in [0.25, 0.3) is 0 Å². The molecule has 2 aromatic carbocycles. The Morgan fingerprint density at radius 2 is 1.72 bits per heavy atom. The van der Waals surface area contributed by atoms with Crippen LogP contribution >= 0.6 is 0 Å². The number of non-ortho nitro benzene ring substituents is 1. The molecule has 0 N–H and O–H groups in total. The Morgan fingerprint density at radius 3 is 2.31 bits per heavy atom. The molecule has 0 radical (unpaired) electrons. The molecule has 0 saturated carbocycles. The smallest absolute Gasteiger partial charge is 0.416 e. The van der Waals surface area contributed by atoms with Crippen molar-refractivity contribution in [3.05, 3.63) is 64.2 Å². The molecule has 0 aromatic heterocycles. The number of anilines is 1. The molecular formula is C19H18F3N3O4. The second-order valence-electron chi connectivity index (χ2n) is 6.46. The van der Waals surface area contributed by atoms with Crippen molar-refractivity contribution in [3.8, 4) is 5.75 Å². The van der Waals surface area contributed by atoms with E-state index in [0.717, 1.165) is 17.8 Å². The Morgan fingerprint density at radius 1 is 1.07 bits per heavy atom. The summed E-state index contributed by atoms with van der Waals surface area (Å²) in [5.74, 6) is -0.330. The fraction of sp³-hybridized carbons (Fsp3) is 0.316. The topological polar surface area (TPSA) is 75.9 Å². The van der Waals surface area contributed by atoms with Gasteiger partial charge < -0.3 is 14.5 Å². The molecule has 1 fully saturated rings. The Kier molecular flexibility index (Phi) is 5.90. The van der Waals surface area contributed by atoms with E-state index in [-0.39, 0.29) is 24.0 Å². The van der Waals surface area contributed by atoms with Crippen LogP contribution in [0.5, 0.6) is 5.75 Å². The highest BCUT2D eigenvalue weighted by molar-refractivity contribution is 5.78. The lowest BCUT2D eigenvalue weighted by Crippen LogP contribution is -2.50. The minimum absolute atomic E-state index is 0.00862. The molecule has 0 unspecified atom stereocenters. The summed E-state index contributed by atoms with van der Waals surface area (Å²) in [4.78, 5) is 26.1. The SMILES string of the molecule is O=C(COc1cccc(C(F)(F)F)c1)N1CCN(c2ccc([N+](=O)[O-])cc2)CC1. The number of alkyl halides is 3. The fourth-order valence-corrected chi connectivity index (χ4v) is 3.00. The third-order valence-corrected chi connectivity index (χ3v) is 4.58. The summed E-state index contributed by atoms with van der Waals surface area (Å²) in [5.41, 5.74) is -0.00335. The highest BCUT2D eigenvalue weighted by Crippen LogP contribution is 2.31. The Bertz CT molecular complexity index is 879. The van der Waals surface area contributed by atoms with Gasteiger partial charge in [-0.05, 0) is 30.3 Å². The molecule has 3 rings (SSSR count). The van der Waals surface area contributed by atoms with E-state index >= 15 is 0 Å². The number of hydrogen-bond acceptors (Lipinski definition) is 5. The van der Waals surface area contributed by atoms with Crippen LogP contribution < -0.4 is 9.64 Å². The van der Waals surface area contributed by atoms with E-state index in [1.165, 1.54) is 24.3 Å². The number of nitro benzene ring substituents is 1. The van der Waals surface area contributed by atoms with Gasteiger partial charge in [-0.2, -0.15) is 13.2 Å². The summed E-state index contributed by atoms with van der Waals surface area (Å²) in [5, 5.41) is 10.7. The average Bonchev–Trinajstić information content (AvgIpc) is 2.72. The number of ether oxygens (including phenoxy) is 1. The molecule has 1 amide bonds. The van der Waals surface area contributed by atoms with Crippen LogP contribution in [0, 0.1) is 10.1 Å². The summed E-state index contributed by atoms with van der Waals surface area (Å²) >= 11 is 0. The maximum atomic E-state index is 12.7. The highest BCUT2D eigenvalue weighted by atomic mass is 19.4. The average molecular weight is 409 g/mol. The predicted molar refractivity (Wildman–Crippen MR) is 98.8 cm³/mol. The number of carbonyl (C=O) groups is 1. The first-order valence-electron chi connectivity index (χ1n) is 8.81. The molecule has 1 saturated heterocycles. The Hall–Kier alpha value is -3.30. The van der Waals surface area contributed by atoms with Gasteiger partial charge in [0.05, 0.1) is 10.5 Å². The van der Waals surface area contributed by atoms with Crippen molar-refractivity contribution in [1.29, 1.82) is 0 Å². The normalized spacial score (nSPS) is 14.6. The second-order valence-corrected chi connectivity index (χ2v) is 6.46. The molecule has 0 spiro atoms. The zero-order valence-corrected chi connectivity index (χ0v) is 15.3. The maximum absolute atomic E-state index is 12.7. The van der Waals surface area contributed by atoms with Gasteiger partial charge in [-0.3, -0.25) is 14.9 Å². The number of piperazine rings is 1. The van der Waals surface area contributed by atoms with Crippen LogP contribution in [0.1, 0.15) is 5.56 Å². The molecule has 29 heavy (non-hydrogen) atoms. The van der Waals surface area contributed by atoms with Crippen molar-refractivity contribution in [2.75, 3.05) is 37.7 Å². The van der Waals surface area contributed by atoms with Gasteiger partial charge in [-0.15, -0.1) is 0 Å². The van der Waals surface area contributed by atoms with Crippen LogP contribution in [0.2, 0.25) is 0 Å². The number of rotatable bonds is 5. The van der Waals surface area contributed by atoms with Crippen molar-refractivity contribution in [2.45, 2.75) is 6.18 Å². The van der Waals surface area contributed by atoms with E-state index in [0.29, 0.717) is 26.2 Å². The molecular weight excluding hydrogens is 391 g/mol. The van der Waals surface area contributed by atoms with E-state index in [4.69, 9.17) is 4.74 Å². The summed E-state index contributed by atoms with van der Waals surface area (Å²) < 4.78 is 43.4. The standard InChI is InChI=1S/C19H18F3N3O4/c20-19(21,22)14-2-1-3-17(12-14)29-13-18(26)24-10-8-23(9-11-24)15-4-6-16(7-5-15)25(27)28/h1-7,12H,8-11,13H2. The number of carbonyl (C=O) groups excluding carboxylic acids is 1. The minimum Gasteiger partial charge on any atom is -0.484 e. The first kappa shape index (κ1) is 20.4. The number of halogens is 3. The lowest BCUT2D eigenvalue weighted by molar-refractivity contribution is -0.384. The minimum atomic E-state index is -4.47. The summed E-state index contributed by atoms with van der Waals surface area (Å²) in [6, 6.07) is 10.6. The maximum Gasteiger partial charge on any atom is 0.416 e. The fourth-order valence-electron chi connectivity index (χ4n) is 3.00. The van der Waals surface area contributed by atoms with Gasteiger partial charge in [0, 0.05) is 44.0 Å². The number of hydrogen-bond donors (Lipinski definition) is 0. The molecule has 154 valence electrons. The van der Waals surface area contributed by atoms with Gasteiger partial charge in [0.1, 0.15) is 5.75 Å². The van der Waals surface area contributed by atoms with Crippen molar-refractivity contribution >= 4 is 17.3 Å². The monoisotopic (exact) mass is 409 g/mol. The lowest BCUT2D eigenvalue weighted by atomic mass is 10.2. The van der Waals surface area contributed by atoms with E-state index in [9.17, 15) is 28.1 Å². The van der Waals surface area contributed by atoms with Crippen molar-refractivity contribution in [1.82, 2.24) is 4.90 Å². The number of amides is 1. The lowest BCUT2D eigenvalue weighted by Gasteiger charge is -2.36. The zero-order valence-electron chi connectivity index (χ0n) is 15.3. The summed E-state index contributed by atoms with van der Waals surface area (Å²) in [6.45, 7) is 1.56. The molecule has 0 aliphatic carbocycles. The second kappa shape index (κ2) is 8.38. The van der Waals surface area contributed by atoms with Gasteiger partial charge in [0.2, 0.25) is 0 Å². The predicted octanol–water partition coefficient (Wildman–Crippen LogP) is 3.34. The third-order valence-electron chi connectivity index (χ3n) is 4.58. The van der Waals surface area contributed by atoms with Crippen LogP contribution in [0.4, 0.5) is 24.5 Å². The Labute approximate surface area is 164 Å². The van der Waals surface area contributed by atoms with Crippen LogP contribution in [0.15, 0.2) is 48.5 Å².